The Morgan fingerprint density at radius 2 is 1.80 bits per heavy atom. The molecular weight excluding hydrogens is 460 g/mol. The van der Waals surface area contributed by atoms with Gasteiger partial charge in [0.2, 0.25) is 10.0 Å². The van der Waals surface area contributed by atoms with Gasteiger partial charge in [0.1, 0.15) is 17.6 Å². The van der Waals surface area contributed by atoms with E-state index in [0.717, 1.165) is 6.07 Å². The van der Waals surface area contributed by atoms with Gasteiger partial charge in [-0.2, -0.15) is 4.72 Å². The molecule has 0 radical (unpaired) electrons. The molecule has 0 aliphatic heterocycles. The second-order valence-electron chi connectivity index (χ2n) is 6.24. The van der Waals surface area contributed by atoms with Gasteiger partial charge in [0.15, 0.2) is 0 Å². The summed E-state index contributed by atoms with van der Waals surface area (Å²) in [6.07, 6.45) is -1.06. The van der Waals surface area contributed by atoms with Gasteiger partial charge in [0, 0.05) is 6.42 Å². The van der Waals surface area contributed by atoms with E-state index < -0.39 is 28.1 Å². The predicted molar refractivity (Wildman–Crippen MR) is 110 cm³/mol. The SMILES string of the molecule is CC(O)C(NS(=O)(=O)c1ccc(Cl)c(Cl)c1)C(=O)OCCCOc1ccc(F)cc1. The van der Waals surface area contributed by atoms with Crippen molar-refractivity contribution in [3.8, 4) is 5.75 Å². The zero-order valence-corrected chi connectivity index (χ0v) is 18.2. The Bertz CT molecular complexity index is 969. The van der Waals surface area contributed by atoms with Crippen molar-refractivity contribution in [2.24, 2.45) is 0 Å². The van der Waals surface area contributed by atoms with Crippen LogP contribution in [0.1, 0.15) is 13.3 Å². The first kappa shape index (κ1) is 24.4. The molecule has 0 spiro atoms. The number of aliphatic hydroxyl groups is 1. The summed E-state index contributed by atoms with van der Waals surface area (Å²) < 4.78 is 50.3. The number of halogens is 3. The van der Waals surface area contributed by atoms with Crippen molar-refractivity contribution >= 4 is 39.2 Å². The number of sulfonamides is 1. The highest BCUT2D eigenvalue weighted by atomic mass is 35.5. The Morgan fingerprint density at radius 3 is 2.40 bits per heavy atom. The van der Waals surface area contributed by atoms with E-state index >= 15 is 0 Å². The zero-order valence-electron chi connectivity index (χ0n) is 15.8. The molecule has 0 heterocycles. The first-order chi connectivity index (χ1) is 14.1. The van der Waals surface area contributed by atoms with Crippen molar-refractivity contribution in [2.45, 2.75) is 30.4 Å². The summed E-state index contributed by atoms with van der Waals surface area (Å²) in [6, 6.07) is 7.55. The van der Waals surface area contributed by atoms with Gasteiger partial charge in [-0.15, -0.1) is 0 Å². The smallest absolute Gasteiger partial charge is 0.326 e. The maximum Gasteiger partial charge on any atom is 0.326 e. The predicted octanol–water partition coefficient (Wildman–Crippen LogP) is 3.17. The van der Waals surface area contributed by atoms with Crippen LogP contribution in [0.15, 0.2) is 47.4 Å². The number of nitrogens with one attached hydrogen (secondary N) is 1. The minimum atomic E-state index is -4.17. The number of esters is 1. The lowest BCUT2D eigenvalue weighted by molar-refractivity contribution is -0.148. The van der Waals surface area contributed by atoms with Crippen LogP contribution >= 0.6 is 23.2 Å². The molecule has 0 fully saturated rings. The van der Waals surface area contributed by atoms with Gasteiger partial charge >= 0.3 is 5.97 Å². The molecule has 2 atom stereocenters. The minimum Gasteiger partial charge on any atom is -0.493 e. The van der Waals surface area contributed by atoms with Crippen LogP contribution in [-0.4, -0.2) is 44.9 Å². The number of hydrogen-bond acceptors (Lipinski definition) is 6. The van der Waals surface area contributed by atoms with Crippen molar-refractivity contribution in [1.82, 2.24) is 4.72 Å². The van der Waals surface area contributed by atoms with E-state index in [1.807, 2.05) is 0 Å². The molecular formula is C19H20Cl2FNO6S. The lowest BCUT2D eigenvalue weighted by atomic mass is 10.2. The average Bonchev–Trinajstić information content (AvgIpc) is 2.69. The first-order valence-corrected chi connectivity index (χ1v) is 11.0. The van der Waals surface area contributed by atoms with Gasteiger partial charge in [-0.05, 0) is 49.4 Å². The molecule has 0 aliphatic rings. The Morgan fingerprint density at radius 1 is 1.13 bits per heavy atom. The molecule has 0 saturated carbocycles. The number of carbonyl (C=O) groups is 1. The fourth-order valence-electron chi connectivity index (χ4n) is 2.27. The number of rotatable bonds is 10. The van der Waals surface area contributed by atoms with Gasteiger partial charge in [-0.1, -0.05) is 23.2 Å². The molecule has 2 aromatic rings. The molecule has 0 aromatic heterocycles. The van der Waals surface area contributed by atoms with Gasteiger partial charge in [-0.3, -0.25) is 4.79 Å². The van der Waals surface area contributed by atoms with Gasteiger partial charge in [-0.25, -0.2) is 12.8 Å². The van der Waals surface area contributed by atoms with Gasteiger partial charge in [0.25, 0.3) is 0 Å². The molecule has 164 valence electrons. The Kier molecular flexibility index (Phi) is 8.87. The summed E-state index contributed by atoms with van der Waals surface area (Å²) in [4.78, 5) is 12.0. The Hall–Kier alpha value is -1.91. The number of ether oxygens (including phenoxy) is 2. The Balaban J connectivity index is 1.89. The summed E-state index contributed by atoms with van der Waals surface area (Å²) in [7, 11) is -4.17. The van der Waals surface area contributed by atoms with E-state index in [0.29, 0.717) is 12.2 Å². The summed E-state index contributed by atoms with van der Waals surface area (Å²) in [5.41, 5.74) is 0. The second-order valence-corrected chi connectivity index (χ2v) is 8.77. The summed E-state index contributed by atoms with van der Waals surface area (Å²) in [6.45, 7) is 1.37. The standard InChI is InChI=1S/C19H20Cl2FNO6S/c1-12(24)18(23-30(26,27)15-7-8-16(20)17(21)11-15)19(25)29-10-2-9-28-14-5-3-13(22)4-6-14/h3-8,11-12,18,23-24H,2,9-10H2,1H3. The van der Waals surface area contributed by atoms with Crippen LogP contribution in [0.25, 0.3) is 0 Å². The number of benzene rings is 2. The van der Waals surface area contributed by atoms with Crippen molar-refractivity contribution in [3.05, 3.63) is 58.3 Å². The average molecular weight is 480 g/mol. The van der Waals surface area contributed by atoms with Crippen LogP contribution in [-0.2, 0) is 19.6 Å². The number of aliphatic hydroxyl groups excluding tert-OH is 1. The molecule has 11 heteroatoms. The molecule has 0 amide bonds. The maximum atomic E-state index is 12.8. The highest BCUT2D eigenvalue weighted by Crippen LogP contribution is 2.25. The minimum absolute atomic E-state index is 0.0249. The summed E-state index contributed by atoms with van der Waals surface area (Å²) in [5, 5.41) is 10.0. The molecule has 2 aromatic carbocycles. The Labute approximate surface area is 183 Å². The molecule has 30 heavy (non-hydrogen) atoms. The molecule has 7 nitrogen and oxygen atoms in total. The van der Waals surface area contributed by atoms with Crippen LogP contribution in [0.4, 0.5) is 4.39 Å². The van der Waals surface area contributed by atoms with Crippen molar-refractivity contribution in [1.29, 1.82) is 0 Å². The van der Waals surface area contributed by atoms with Crippen LogP contribution in [0.3, 0.4) is 0 Å². The third kappa shape index (κ3) is 7.10. The maximum absolute atomic E-state index is 12.8. The second kappa shape index (κ2) is 10.9. The van der Waals surface area contributed by atoms with E-state index in [1.165, 1.54) is 43.3 Å². The van der Waals surface area contributed by atoms with E-state index in [-0.39, 0.29) is 34.0 Å². The molecule has 0 aliphatic carbocycles. The van der Waals surface area contributed by atoms with E-state index in [4.69, 9.17) is 32.7 Å². The van der Waals surface area contributed by atoms with E-state index in [2.05, 4.69) is 4.72 Å². The van der Waals surface area contributed by atoms with Crippen molar-refractivity contribution in [3.63, 3.8) is 0 Å². The van der Waals surface area contributed by atoms with Crippen molar-refractivity contribution in [2.75, 3.05) is 13.2 Å². The van der Waals surface area contributed by atoms with Gasteiger partial charge < -0.3 is 14.6 Å². The van der Waals surface area contributed by atoms with Crippen LogP contribution in [0, 0.1) is 5.82 Å². The summed E-state index contributed by atoms with van der Waals surface area (Å²) >= 11 is 11.6. The first-order valence-electron chi connectivity index (χ1n) is 8.80. The third-order valence-corrected chi connectivity index (χ3v) is 6.01. The zero-order chi connectivity index (χ0) is 22.3. The fraction of sp³-hybridized carbons (Fsp3) is 0.316. The van der Waals surface area contributed by atoms with Crippen LogP contribution in [0.5, 0.6) is 5.75 Å². The molecule has 0 saturated heterocycles. The van der Waals surface area contributed by atoms with Crippen LogP contribution < -0.4 is 9.46 Å². The van der Waals surface area contributed by atoms with E-state index in [1.54, 1.807) is 0 Å². The highest BCUT2D eigenvalue weighted by molar-refractivity contribution is 7.89. The van der Waals surface area contributed by atoms with Crippen LogP contribution in [0.2, 0.25) is 10.0 Å². The fourth-order valence-corrected chi connectivity index (χ4v) is 3.91. The van der Waals surface area contributed by atoms with Gasteiger partial charge in [0.05, 0.1) is 34.3 Å². The lowest BCUT2D eigenvalue weighted by Crippen LogP contribution is -2.48. The normalized spacial score (nSPS) is 13.5. The third-order valence-electron chi connectivity index (χ3n) is 3.84. The quantitative estimate of drug-likeness (QED) is 0.400. The molecule has 2 N–H and O–H groups in total. The molecule has 0 bridgehead atoms. The lowest BCUT2D eigenvalue weighted by Gasteiger charge is -2.20. The van der Waals surface area contributed by atoms with Crippen molar-refractivity contribution < 1.29 is 32.2 Å². The highest BCUT2D eigenvalue weighted by Gasteiger charge is 2.31. The largest absolute Gasteiger partial charge is 0.493 e. The monoisotopic (exact) mass is 479 g/mol. The number of carbonyl (C=O) groups excluding carboxylic acids is 1. The number of hydrogen-bond donors (Lipinski definition) is 2. The molecule has 2 rings (SSSR count). The topological polar surface area (TPSA) is 102 Å². The summed E-state index contributed by atoms with van der Waals surface area (Å²) in [5.74, 6) is -0.877. The molecule has 2 unspecified atom stereocenters. The van der Waals surface area contributed by atoms with E-state index in [9.17, 15) is 22.7 Å².